The van der Waals surface area contributed by atoms with Gasteiger partial charge in [-0.15, -0.1) is 0 Å². The minimum atomic E-state index is -2.84. The van der Waals surface area contributed by atoms with E-state index in [1.807, 2.05) is 0 Å². The van der Waals surface area contributed by atoms with Gasteiger partial charge in [0.15, 0.2) is 12.6 Å². The monoisotopic (exact) mass is 508 g/mol. The largest absolute Gasteiger partial charge is 0.468 e. The molecule has 1 atom stereocenters. The van der Waals surface area contributed by atoms with E-state index in [0.717, 1.165) is 6.07 Å². The molecule has 3 aromatic carbocycles. The molecular formula is C24H17ClF4N2O4. The number of hydrogen-bond donors (Lipinski definition) is 1. The SMILES string of the molecule is COCOc1cc(-c2c(F)cc3c(=O)[nH]c(OC[C@@H]4CC4(F)F)nc3c2F)c2c(Cl)cccc2c1. The van der Waals surface area contributed by atoms with Gasteiger partial charge in [-0.2, -0.15) is 4.98 Å². The van der Waals surface area contributed by atoms with Crippen molar-refractivity contribution in [2.45, 2.75) is 12.3 Å². The summed E-state index contributed by atoms with van der Waals surface area (Å²) in [5.41, 5.74) is -1.78. The van der Waals surface area contributed by atoms with E-state index in [-0.39, 0.29) is 34.9 Å². The van der Waals surface area contributed by atoms with Gasteiger partial charge in [-0.3, -0.25) is 9.78 Å². The molecule has 182 valence electrons. The average Bonchev–Trinajstić information content (AvgIpc) is 3.43. The van der Waals surface area contributed by atoms with Gasteiger partial charge in [-0.05, 0) is 29.7 Å². The second-order valence-electron chi connectivity index (χ2n) is 8.15. The maximum Gasteiger partial charge on any atom is 0.297 e. The van der Waals surface area contributed by atoms with Crippen molar-refractivity contribution >= 4 is 33.3 Å². The zero-order valence-corrected chi connectivity index (χ0v) is 18.9. The molecule has 11 heteroatoms. The number of ether oxygens (including phenoxy) is 3. The van der Waals surface area contributed by atoms with Crippen LogP contribution in [0.4, 0.5) is 17.6 Å². The second kappa shape index (κ2) is 8.69. The Bertz CT molecular complexity index is 1530. The number of aromatic nitrogens is 2. The summed E-state index contributed by atoms with van der Waals surface area (Å²) in [6.45, 7) is -0.512. The third kappa shape index (κ3) is 4.28. The van der Waals surface area contributed by atoms with Gasteiger partial charge in [0.1, 0.15) is 23.7 Å². The number of rotatable bonds is 7. The maximum absolute atomic E-state index is 15.8. The number of fused-ring (bicyclic) bond motifs is 2. The number of aromatic amines is 1. The summed E-state index contributed by atoms with van der Waals surface area (Å²) in [7, 11) is 1.43. The van der Waals surface area contributed by atoms with Crippen molar-refractivity contribution in [2.75, 3.05) is 20.5 Å². The lowest BCUT2D eigenvalue weighted by Gasteiger charge is -2.15. The highest BCUT2D eigenvalue weighted by Gasteiger charge is 2.57. The van der Waals surface area contributed by atoms with E-state index in [0.29, 0.717) is 10.8 Å². The first-order chi connectivity index (χ1) is 16.7. The van der Waals surface area contributed by atoms with Gasteiger partial charge in [-0.25, -0.2) is 17.6 Å². The van der Waals surface area contributed by atoms with Crippen LogP contribution in [-0.4, -0.2) is 36.4 Å². The lowest BCUT2D eigenvalue weighted by molar-refractivity contribution is 0.0512. The van der Waals surface area contributed by atoms with Crippen molar-refractivity contribution in [1.29, 1.82) is 0 Å². The van der Waals surface area contributed by atoms with E-state index in [1.165, 1.54) is 13.2 Å². The predicted molar refractivity (Wildman–Crippen MR) is 121 cm³/mol. The fraction of sp³-hybridized carbons (Fsp3) is 0.250. The summed E-state index contributed by atoms with van der Waals surface area (Å²) in [5.74, 6) is -5.75. The summed E-state index contributed by atoms with van der Waals surface area (Å²) in [6, 6.07) is 8.40. The van der Waals surface area contributed by atoms with Crippen molar-refractivity contribution in [3.63, 3.8) is 0 Å². The van der Waals surface area contributed by atoms with Crippen LogP contribution < -0.4 is 15.0 Å². The van der Waals surface area contributed by atoms with Crippen molar-refractivity contribution in [3.05, 3.63) is 63.4 Å². The molecule has 0 bridgehead atoms. The highest BCUT2D eigenvalue weighted by molar-refractivity contribution is 6.36. The van der Waals surface area contributed by atoms with Crippen LogP contribution in [-0.2, 0) is 4.74 Å². The van der Waals surface area contributed by atoms with Gasteiger partial charge in [-0.1, -0.05) is 23.7 Å². The molecule has 0 aliphatic heterocycles. The molecule has 1 aromatic heterocycles. The van der Waals surface area contributed by atoms with Crippen molar-refractivity contribution in [1.82, 2.24) is 9.97 Å². The Kier molecular flexibility index (Phi) is 5.80. The highest BCUT2D eigenvalue weighted by Crippen LogP contribution is 2.48. The first kappa shape index (κ1) is 23.4. The minimum Gasteiger partial charge on any atom is -0.468 e. The van der Waals surface area contributed by atoms with Crippen LogP contribution in [0, 0.1) is 17.6 Å². The van der Waals surface area contributed by atoms with E-state index in [9.17, 15) is 13.6 Å². The third-order valence-corrected chi connectivity index (χ3v) is 6.08. The van der Waals surface area contributed by atoms with Crippen LogP contribution in [0.5, 0.6) is 11.8 Å². The van der Waals surface area contributed by atoms with Crippen LogP contribution in [0.1, 0.15) is 6.42 Å². The summed E-state index contributed by atoms with van der Waals surface area (Å²) in [6.07, 6.45) is -0.343. The lowest BCUT2D eigenvalue weighted by Crippen LogP contribution is -2.15. The van der Waals surface area contributed by atoms with Crippen LogP contribution in [0.3, 0.4) is 0 Å². The van der Waals surface area contributed by atoms with Crippen LogP contribution in [0.2, 0.25) is 5.02 Å². The summed E-state index contributed by atoms with van der Waals surface area (Å²) in [4.78, 5) is 18.6. The number of methoxy groups -OCH3 is 1. The zero-order valence-electron chi connectivity index (χ0n) is 18.1. The second-order valence-corrected chi connectivity index (χ2v) is 8.55. The number of nitrogens with one attached hydrogen (secondary N) is 1. The predicted octanol–water partition coefficient (Wildman–Crippen LogP) is 5.69. The Balaban J connectivity index is 1.68. The molecule has 6 nitrogen and oxygen atoms in total. The van der Waals surface area contributed by atoms with Gasteiger partial charge in [0.05, 0.1) is 16.9 Å². The quantitative estimate of drug-likeness (QED) is 0.256. The van der Waals surface area contributed by atoms with Crippen molar-refractivity contribution in [3.8, 4) is 22.9 Å². The van der Waals surface area contributed by atoms with Gasteiger partial charge in [0.25, 0.3) is 17.5 Å². The smallest absolute Gasteiger partial charge is 0.297 e. The fourth-order valence-electron chi connectivity index (χ4n) is 3.89. The average molecular weight is 509 g/mol. The molecule has 0 radical (unpaired) electrons. The minimum absolute atomic E-state index is 0.0678. The van der Waals surface area contributed by atoms with Crippen molar-refractivity contribution in [2.24, 2.45) is 5.92 Å². The number of H-pyrrole nitrogens is 1. The van der Waals surface area contributed by atoms with E-state index in [4.69, 9.17) is 25.8 Å². The van der Waals surface area contributed by atoms with E-state index < -0.39 is 52.7 Å². The molecule has 0 unspecified atom stereocenters. The van der Waals surface area contributed by atoms with Crippen LogP contribution >= 0.6 is 11.6 Å². The van der Waals surface area contributed by atoms with Gasteiger partial charge >= 0.3 is 0 Å². The fourth-order valence-corrected chi connectivity index (χ4v) is 4.18. The molecule has 0 spiro atoms. The number of alkyl halides is 2. The Labute approximate surface area is 200 Å². The molecule has 35 heavy (non-hydrogen) atoms. The summed E-state index contributed by atoms with van der Waals surface area (Å²) in [5, 5.41) is 0.777. The molecule has 1 aliphatic carbocycles. The standard InChI is InChI=1S/C24H17ClF4N2O4/c1-33-10-35-13-5-11-3-2-4-16(25)18(11)14(6-13)19-17(26)7-15-21(20(19)27)30-23(31-22(15)32)34-9-12-8-24(12,28)29/h2-7,12H,8-10H2,1H3,(H,30,31,32)/t12-/m0/s1. The molecule has 1 saturated carbocycles. The van der Waals surface area contributed by atoms with E-state index in [2.05, 4.69) is 9.97 Å². The first-order valence-electron chi connectivity index (χ1n) is 10.5. The molecule has 1 N–H and O–H groups in total. The van der Waals surface area contributed by atoms with Gasteiger partial charge < -0.3 is 14.2 Å². The summed E-state index contributed by atoms with van der Waals surface area (Å²) >= 11 is 6.38. The normalized spacial score (nSPS) is 16.6. The molecule has 1 aliphatic rings. The zero-order chi connectivity index (χ0) is 24.9. The van der Waals surface area contributed by atoms with Gasteiger partial charge in [0.2, 0.25) is 0 Å². The molecular weight excluding hydrogens is 492 g/mol. The lowest BCUT2D eigenvalue weighted by atomic mass is 9.95. The Morgan fingerprint density at radius 3 is 2.69 bits per heavy atom. The topological polar surface area (TPSA) is 73.4 Å². The molecule has 0 saturated heterocycles. The highest BCUT2D eigenvalue weighted by atomic mass is 35.5. The first-order valence-corrected chi connectivity index (χ1v) is 10.8. The number of halogens is 5. The third-order valence-electron chi connectivity index (χ3n) is 5.76. The Morgan fingerprint density at radius 1 is 1.20 bits per heavy atom. The Hall–Kier alpha value is -3.37. The van der Waals surface area contributed by atoms with E-state index in [1.54, 1.807) is 24.3 Å². The number of benzene rings is 3. The maximum atomic E-state index is 15.8. The Morgan fingerprint density at radius 2 is 1.97 bits per heavy atom. The number of hydrogen-bond acceptors (Lipinski definition) is 5. The van der Waals surface area contributed by atoms with Crippen LogP contribution in [0.25, 0.3) is 32.8 Å². The van der Waals surface area contributed by atoms with Gasteiger partial charge in [0, 0.05) is 29.5 Å². The molecule has 4 aromatic rings. The molecule has 1 fully saturated rings. The number of nitrogens with zero attached hydrogens (tertiary/aromatic N) is 1. The van der Waals surface area contributed by atoms with Crippen LogP contribution in [0.15, 0.2) is 41.2 Å². The van der Waals surface area contributed by atoms with E-state index >= 15 is 8.78 Å². The summed E-state index contributed by atoms with van der Waals surface area (Å²) < 4.78 is 73.0. The molecule has 5 rings (SSSR count). The van der Waals surface area contributed by atoms with Crippen molar-refractivity contribution < 1.29 is 31.8 Å². The molecule has 0 amide bonds. The molecule has 1 heterocycles.